The minimum Gasteiger partial charge on any atom is -0.494 e. The second kappa shape index (κ2) is 5.45. The van der Waals surface area contributed by atoms with E-state index in [4.69, 9.17) is 4.74 Å². The Morgan fingerprint density at radius 2 is 2.37 bits per heavy atom. The van der Waals surface area contributed by atoms with Crippen LogP contribution in [-0.4, -0.2) is 21.3 Å². The number of imidazole rings is 1. The van der Waals surface area contributed by atoms with Crippen molar-refractivity contribution in [1.82, 2.24) is 9.55 Å². The molecule has 2 aromatic rings. The lowest BCUT2D eigenvalue weighted by Gasteiger charge is -2.09. The Balaban J connectivity index is 1.51. The minimum atomic E-state index is -0.287. The number of benzene rings is 1. The van der Waals surface area contributed by atoms with Gasteiger partial charge in [-0.05, 0) is 42.5 Å². The van der Waals surface area contributed by atoms with Crippen molar-refractivity contribution in [2.24, 2.45) is 0 Å². The van der Waals surface area contributed by atoms with Crippen molar-refractivity contribution in [3.63, 3.8) is 0 Å². The molecule has 1 heterocycles. The molecule has 1 atom stereocenters. The van der Waals surface area contributed by atoms with E-state index in [1.807, 2.05) is 29.2 Å². The zero-order valence-electron chi connectivity index (χ0n) is 10.8. The number of aromatic nitrogens is 2. The van der Waals surface area contributed by atoms with Gasteiger partial charge in [-0.2, -0.15) is 0 Å². The predicted octanol–water partition coefficient (Wildman–Crippen LogP) is 2.33. The molecule has 0 spiro atoms. The van der Waals surface area contributed by atoms with E-state index in [2.05, 4.69) is 11.1 Å². The van der Waals surface area contributed by atoms with Crippen LogP contribution in [-0.2, 0) is 13.0 Å². The van der Waals surface area contributed by atoms with Crippen molar-refractivity contribution in [3.8, 4) is 5.75 Å². The highest BCUT2D eigenvalue weighted by Gasteiger charge is 2.20. The molecule has 0 aliphatic heterocycles. The molecule has 0 amide bonds. The smallest absolute Gasteiger partial charge is 0.119 e. The van der Waals surface area contributed by atoms with Crippen molar-refractivity contribution >= 4 is 0 Å². The number of hydrogen-bond acceptors (Lipinski definition) is 3. The highest BCUT2D eigenvalue weighted by atomic mass is 16.5. The Morgan fingerprint density at radius 1 is 1.42 bits per heavy atom. The van der Waals surface area contributed by atoms with Crippen molar-refractivity contribution in [1.29, 1.82) is 0 Å². The van der Waals surface area contributed by atoms with Crippen LogP contribution in [0.2, 0.25) is 0 Å². The average molecular weight is 258 g/mol. The summed E-state index contributed by atoms with van der Waals surface area (Å²) in [5.74, 6) is 0.901. The van der Waals surface area contributed by atoms with E-state index in [0.29, 0.717) is 6.61 Å². The number of fused-ring (bicyclic) bond motifs is 1. The zero-order chi connectivity index (χ0) is 13.1. The van der Waals surface area contributed by atoms with E-state index < -0.39 is 0 Å². The number of ether oxygens (including phenoxy) is 1. The molecular formula is C15H18N2O2. The van der Waals surface area contributed by atoms with Crippen molar-refractivity contribution < 1.29 is 9.84 Å². The Morgan fingerprint density at radius 3 is 3.21 bits per heavy atom. The molecule has 0 bridgehead atoms. The van der Waals surface area contributed by atoms with Crippen molar-refractivity contribution in [3.05, 3.63) is 48.0 Å². The molecule has 100 valence electrons. The molecule has 1 aliphatic carbocycles. The molecule has 1 aliphatic rings. The van der Waals surface area contributed by atoms with Crippen LogP contribution >= 0.6 is 0 Å². The lowest BCUT2D eigenvalue weighted by molar-refractivity contribution is 0.180. The lowest BCUT2D eigenvalue weighted by atomic mass is 10.1. The number of nitrogens with zero attached hydrogens (tertiary/aromatic N) is 2. The van der Waals surface area contributed by atoms with Gasteiger partial charge in [0.1, 0.15) is 5.75 Å². The van der Waals surface area contributed by atoms with Gasteiger partial charge in [0.15, 0.2) is 0 Å². The van der Waals surface area contributed by atoms with Gasteiger partial charge >= 0.3 is 0 Å². The fourth-order valence-corrected chi connectivity index (χ4v) is 2.52. The SMILES string of the molecule is O[C@H]1CCc2cc(OCCCn3ccnc3)ccc21. The van der Waals surface area contributed by atoms with Gasteiger partial charge in [-0.15, -0.1) is 0 Å². The molecule has 4 nitrogen and oxygen atoms in total. The molecule has 1 N–H and O–H groups in total. The van der Waals surface area contributed by atoms with Gasteiger partial charge in [-0.1, -0.05) is 6.07 Å². The van der Waals surface area contributed by atoms with E-state index in [1.54, 1.807) is 6.20 Å². The first-order valence-corrected chi connectivity index (χ1v) is 6.72. The summed E-state index contributed by atoms with van der Waals surface area (Å²) >= 11 is 0. The Kier molecular flexibility index (Phi) is 3.51. The first kappa shape index (κ1) is 12.2. The monoisotopic (exact) mass is 258 g/mol. The van der Waals surface area contributed by atoms with Gasteiger partial charge < -0.3 is 14.4 Å². The predicted molar refractivity (Wildman–Crippen MR) is 72.1 cm³/mol. The van der Waals surface area contributed by atoms with Gasteiger partial charge in [0.2, 0.25) is 0 Å². The standard InChI is InChI=1S/C15H18N2O2/c18-15-5-2-12-10-13(3-4-14(12)15)19-9-1-7-17-8-6-16-11-17/h3-4,6,8,10-11,15,18H,1-2,5,7,9H2/t15-/m0/s1. The third-order valence-electron chi connectivity index (χ3n) is 3.55. The molecule has 1 aromatic carbocycles. The van der Waals surface area contributed by atoms with Crippen LogP contribution in [0.4, 0.5) is 0 Å². The minimum absolute atomic E-state index is 0.287. The second-order valence-electron chi connectivity index (χ2n) is 4.92. The summed E-state index contributed by atoms with van der Waals surface area (Å²) in [5, 5.41) is 9.74. The van der Waals surface area contributed by atoms with Gasteiger partial charge in [0, 0.05) is 18.9 Å². The Bertz CT molecular complexity index is 537. The van der Waals surface area contributed by atoms with Crippen molar-refractivity contribution in [2.75, 3.05) is 6.61 Å². The highest BCUT2D eigenvalue weighted by molar-refractivity contribution is 5.39. The topological polar surface area (TPSA) is 47.3 Å². The molecule has 0 fully saturated rings. The molecule has 0 radical (unpaired) electrons. The van der Waals surface area contributed by atoms with Crippen molar-refractivity contribution in [2.45, 2.75) is 31.9 Å². The highest BCUT2D eigenvalue weighted by Crippen LogP contribution is 2.33. The molecule has 0 saturated heterocycles. The quantitative estimate of drug-likeness (QED) is 0.837. The van der Waals surface area contributed by atoms with Crippen LogP contribution < -0.4 is 4.74 Å². The molecule has 0 saturated carbocycles. The normalized spacial score (nSPS) is 17.4. The number of rotatable bonds is 5. The summed E-state index contributed by atoms with van der Waals surface area (Å²) in [4.78, 5) is 4.00. The summed E-state index contributed by atoms with van der Waals surface area (Å²) in [6.07, 6.45) is 8.00. The molecular weight excluding hydrogens is 240 g/mol. The fraction of sp³-hybridized carbons (Fsp3) is 0.400. The summed E-state index contributed by atoms with van der Waals surface area (Å²) in [5.41, 5.74) is 2.28. The average Bonchev–Trinajstić information content (AvgIpc) is 3.05. The first-order valence-electron chi connectivity index (χ1n) is 6.72. The van der Waals surface area contributed by atoms with Gasteiger partial charge in [0.25, 0.3) is 0 Å². The van der Waals surface area contributed by atoms with Gasteiger partial charge in [-0.25, -0.2) is 4.98 Å². The summed E-state index contributed by atoms with van der Waals surface area (Å²) in [6.45, 7) is 1.61. The van der Waals surface area contributed by atoms with E-state index in [9.17, 15) is 5.11 Å². The van der Waals surface area contributed by atoms with E-state index in [-0.39, 0.29) is 6.10 Å². The van der Waals surface area contributed by atoms with Gasteiger partial charge in [0.05, 0.1) is 19.0 Å². The van der Waals surface area contributed by atoms with E-state index >= 15 is 0 Å². The molecule has 19 heavy (non-hydrogen) atoms. The maximum Gasteiger partial charge on any atom is 0.119 e. The van der Waals surface area contributed by atoms with Crippen LogP contribution in [0.3, 0.4) is 0 Å². The largest absolute Gasteiger partial charge is 0.494 e. The van der Waals surface area contributed by atoms with Crippen LogP contribution in [0.5, 0.6) is 5.75 Å². The lowest BCUT2D eigenvalue weighted by Crippen LogP contribution is -2.03. The zero-order valence-corrected chi connectivity index (χ0v) is 10.8. The number of aliphatic hydroxyl groups excluding tert-OH is 1. The van der Waals surface area contributed by atoms with Crippen LogP contribution in [0.15, 0.2) is 36.9 Å². The third-order valence-corrected chi connectivity index (χ3v) is 3.55. The van der Waals surface area contributed by atoms with Crippen LogP contribution in [0.25, 0.3) is 0 Å². The van der Waals surface area contributed by atoms with E-state index in [1.165, 1.54) is 5.56 Å². The molecule has 0 unspecified atom stereocenters. The van der Waals surface area contributed by atoms with Crippen LogP contribution in [0.1, 0.15) is 30.1 Å². The Hall–Kier alpha value is -1.81. The van der Waals surface area contributed by atoms with Gasteiger partial charge in [-0.3, -0.25) is 0 Å². The number of hydrogen-bond donors (Lipinski definition) is 1. The molecule has 4 heteroatoms. The number of aryl methyl sites for hydroxylation is 2. The summed E-state index contributed by atoms with van der Waals surface area (Å²) in [6, 6.07) is 5.99. The first-order chi connectivity index (χ1) is 9.33. The third kappa shape index (κ3) is 2.79. The van der Waals surface area contributed by atoms with Crippen LogP contribution in [0, 0.1) is 0 Å². The summed E-state index contributed by atoms with van der Waals surface area (Å²) < 4.78 is 7.79. The Labute approximate surface area is 112 Å². The summed E-state index contributed by atoms with van der Waals surface area (Å²) in [7, 11) is 0. The fourth-order valence-electron chi connectivity index (χ4n) is 2.52. The maximum atomic E-state index is 9.74. The molecule has 1 aromatic heterocycles. The molecule has 3 rings (SSSR count). The second-order valence-corrected chi connectivity index (χ2v) is 4.92. The number of aliphatic hydroxyl groups is 1. The maximum absolute atomic E-state index is 9.74. The van der Waals surface area contributed by atoms with E-state index in [0.717, 1.165) is 37.1 Å².